The fraction of sp³-hybridized carbons (Fsp3) is 0.276. The van der Waals surface area contributed by atoms with Crippen molar-refractivity contribution in [3.8, 4) is 17.0 Å². The summed E-state index contributed by atoms with van der Waals surface area (Å²) in [6.45, 7) is 4.05. The van der Waals surface area contributed by atoms with Gasteiger partial charge in [0.1, 0.15) is 18.2 Å². The summed E-state index contributed by atoms with van der Waals surface area (Å²) < 4.78 is 11.9. The van der Waals surface area contributed by atoms with E-state index in [0.717, 1.165) is 64.1 Å². The molecule has 0 amide bonds. The van der Waals surface area contributed by atoms with Gasteiger partial charge in [-0.1, -0.05) is 18.2 Å². The van der Waals surface area contributed by atoms with Gasteiger partial charge in [-0.2, -0.15) is 0 Å². The SMILES string of the molecule is COC1CC(COc2ccc3[nH]c(-c4cc5ccccc5[nH]c4=O)cc3c2)N(Cc2cnc(C)nc2)C1. The standard InChI is InChI=1S/C29H29N5O3/c1-18-30-13-19(14-31-18)15-34-16-24(36-2)12-22(34)17-37-23-7-8-27-21(9-23)11-28(32-27)25-10-20-5-3-4-6-26(20)33-29(25)35/h3-11,13-14,22,24,32H,12,15-17H2,1-2H3,(H,33,35). The number of methoxy groups -OCH3 is 1. The number of H-pyrrole nitrogens is 2. The van der Waals surface area contributed by atoms with E-state index in [1.54, 1.807) is 7.11 Å². The third-order valence-electron chi connectivity index (χ3n) is 7.12. The van der Waals surface area contributed by atoms with Gasteiger partial charge in [0, 0.05) is 60.6 Å². The smallest absolute Gasteiger partial charge is 0.257 e. The molecule has 188 valence electrons. The van der Waals surface area contributed by atoms with Crippen LogP contribution in [0.15, 0.2) is 71.8 Å². The van der Waals surface area contributed by atoms with E-state index in [4.69, 9.17) is 9.47 Å². The number of aromatic nitrogens is 4. The predicted molar refractivity (Wildman–Crippen MR) is 144 cm³/mol. The maximum Gasteiger partial charge on any atom is 0.257 e. The monoisotopic (exact) mass is 495 g/mol. The number of hydrogen-bond acceptors (Lipinski definition) is 6. The lowest BCUT2D eigenvalue weighted by Gasteiger charge is -2.24. The summed E-state index contributed by atoms with van der Waals surface area (Å²) in [4.78, 5) is 30.1. The van der Waals surface area contributed by atoms with Crippen molar-refractivity contribution in [2.45, 2.75) is 32.0 Å². The van der Waals surface area contributed by atoms with Crippen molar-refractivity contribution < 1.29 is 9.47 Å². The minimum absolute atomic E-state index is 0.116. The van der Waals surface area contributed by atoms with Gasteiger partial charge < -0.3 is 19.4 Å². The molecule has 4 heterocycles. The number of aromatic amines is 2. The van der Waals surface area contributed by atoms with Crippen molar-refractivity contribution in [2.24, 2.45) is 0 Å². The summed E-state index contributed by atoms with van der Waals surface area (Å²) in [6.07, 6.45) is 4.86. The quantitative estimate of drug-likeness (QED) is 0.347. The molecule has 1 aliphatic rings. The van der Waals surface area contributed by atoms with Crippen LogP contribution in [0.2, 0.25) is 0 Å². The Kier molecular flexibility index (Phi) is 6.20. The first-order valence-corrected chi connectivity index (χ1v) is 12.5. The van der Waals surface area contributed by atoms with Gasteiger partial charge in [0.05, 0.1) is 17.4 Å². The minimum atomic E-state index is -0.116. The lowest BCUT2D eigenvalue weighted by molar-refractivity contribution is 0.107. The van der Waals surface area contributed by atoms with E-state index in [-0.39, 0.29) is 17.7 Å². The number of benzene rings is 2. The molecule has 3 aromatic heterocycles. The number of nitrogens with one attached hydrogen (secondary N) is 2. The van der Waals surface area contributed by atoms with Gasteiger partial charge in [-0.15, -0.1) is 0 Å². The zero-order valence-corrected chi connectivity index (χ0v) is 20.9. The van der Waals surface area contributed by atoms with Crippen molar-refractivity contribution >= 4 is 21.8 Å². The Morgan fingerprint density at radius 1 is 1.00 bits per heavy atom. The van der Waals surface area contributed by atoms with E-state index < -0.39 is 0 Å². The van der Waals surface area contributed by atoms with Crippen LogP contribution in [-0.2, 0) is 11.3 Å². The molecular formula is C29H29N5O3. The number of ether oxygens (including phenoxy) is 2. The first-order valence-electron chi connectivity index (χ1n) is 12.5. The number of nitrogens with zero attached hydrogens (tertiary/aromatic N) is 3. The number of pyridine rings is 1. The Morgan fingerprint density at radius 3 is 2.65 bits per heavy atom. The molecule has 0 radical (unpaired) electrons. The second kappa shape index (κ2) is 9.80. The topological polar surface area (TPSA) is 96.1 Å². The van der Waals surface area contributed by atoms with Crippen molar-refractivity contribution in [3.63, 3.8) is 0 Å². The third kappa shape index (κ3) is 4.85. The normalized spacial score (nSPS) is 18.1. The lowest BCUT2D eigenvalue weighted by Crippen LogP contribution is -2.34. The van der Waals surface area contributed by atoms with E-state index in [9.17, 15) is 4.79 Å². The van der Waals surface area contributed by atoms with Gasteiger partial charge in [0.15, 0.2) is 0 Å². The predicted octanol–water partition coefficient (Wildman–Crippen LogP) is 4.44. The molecule has 1 fully saturated rings. The van der Waals surface area contributed by atoms with Crippen molar-refractivity contribution in [3.05, 3.63) is 88.7 Å². The van der Waals surface area contributed by atoms with E-state index in [2.05, 4.69) is 24.8 Å². The summed E-state index contributed by atoms with van der Waals surface area (Å²) in [7, 11) is 1.76. The lowest BCUT2D eigenvalue weighted by atomic mass is 10.1. The Balaban J connectivity index is 1.19. The molecule has 0 saturated carbocycles. The van der Waals surface area contributed by atoms with Crippen LogP contribution in [0.4, 0.5) is 0 Å². The van der Waals surface area contributed by atoms with Crippen LogP contribution in [0.1, 0.15) is 17.8 Å². The highest BCUT2D eigenvalue weighted by atomic mass is 16.5. The van der Waals surface area contributed by atoms with Crippen molar-refractivity contribution in [1.82, 2.24) is 24.8 Å². The van der Waals surface area contributed by atoms with Crippen LogP contribution in [0.25, 0.3) is 33.1 Å². The Labute approximate surface area is 214 Å². The highest BCUT2D eigenvalue weighted by Gasteiger charge is 2.32. The van der Waals surface area contributed by atoms with Gasteiger partial charge in [-0.25, -0.2) is 9.97 Å². The van der Waals surface area contributed by atoms with E-state index in [0.29, 0.717) is 12.2 Å². The molecule has 2 atom stereocenters. The molecule has 8 heteroatoms. The van der Waals surface area contributed by atoms with E-state index in [1.165, 1.54) is 0 Å². The first-order chi connectivity index (χ1) is 18.1. The molecule has 2 N–H and O–H groups in total. The molecule has 0 spiro atoms. The van der Waals surface area contributed by atoms with Crippen LogP contribution in [0, 0.1) is 6.92 Å². The van der Waals surface area contributed by atoms with Crippen molar-refractivity contribution in [1.29, 1.82) is 0 Å². The van der Waals surface area contributed by atoms with Gasteiger partial charge in [-0.3, -0.25) is 9.69 Å². The largest absolute Gasteiger partial charge is 0.492 e. The van der Waals surface area contributed by atoms with Crippen LogP contribution in [-0.4, -0.2) is 57.2 Å². The third-order valence-corrected chi connectivity index (χ3v) is 7.12. The molecule has 2 aromatic carbocycles. The molecule has 1 saturated heterocycles. The second-order valence-corrected chi connectivity index (χ2v) is 9.66. The zero-order valence-electron chi connectivity index (χ0n) is 20.9. The summed E-state index contributed by atoms with van der Waals surface area (Å²) in [5.41, 5.74) is 4.15. The highest BCUT2D eigenvalue weighted by Crippen LogP contribution is 2.28. The van der Waals surface area contributed by atoms with Crippen LogP contribution in [0.3, 0.4) is 0 Å². The fourth-order valence-corrected chi connectivity index (χ4v) is 5.10. The van der Waals surface area contributed by atoms with Crippen molar-refractivity contribution in [2.75, 3.05) is 20.3 Å². The molecule has 5 aromatic rings. The molecular weight excluding hydrogens is 466 g/mol. The highest BCUT2D eigenvalue weighted by molar-refractivity contribution is 5.89. The number of rotatable bonds is 7. The summed E-state index contributed by atoms with van der Waals surface area (Å²) in [6, 6.07) is 17.9. The zero-order chi connectivity index (χ0) is 25.4. The molecule has 8 nitrogen and oxygen atoms in total. The van der Waals surface area contributed by atoms with Gasteiger partial charge >= 0.3 is 0 Å². The molecule has 6 rings (SSSR count). The number of likely N-dealkylation sites (tertiary alicyclic amines) is 1. The summed E-state index contributed by atoms with van der Waals surface area (Å²) >= 11 is 0. The van der Waals surface area contributed by atoms with E-state index in [1.807, 2.05) is 73.9 Å². The molecule has 2 unspecified atom stereocenters. The maximum absolute atomic E-state index is 12.7. The molecule has 37 heavy (non-hydrogen) atoms. The average molecular weight is 496 g/mol. The maximum atomic E-state index is 12.7. The number of hydrogen-bond donors (Lipinski definition) is 2. The number of para-hydroxylation sites is 1. The second-order valence-electron chi connectivity index (χ2n) is 9.66. The summed E-state index contributed by atoms with van der Waals surface area (Å²) in [5, 5.41) is 1.99. The number of aryl methyl sites for hydroxylation is 1. The minimum Gasteiger partial charge on any atom is -0.492 e. The fourth-order valence-electron chi connectivity index (χ4n) is 5.10. The molecule has 1 aliphatic heterocycles. The first kappa shape index (κ1) is 23.4. The van der Waals surface area contributed by atoms with Crippen LogP contribution < -0.4 is 10.3 Å². The Bertz CT molecular complexity index is 1610. The molecule has 0 aliphatic carbocycles. The Morgan fingerprint density at radius 2 is 1.81 bits per heavy atom. The summed E-state index contributed by atoms with van der Waals surface area (Å²) in [5.74, 6) is 1.57. The van der Waals surface area contributed by atoms with Crippen LogP contribution in [0.5, 0.6) is 5.75 Å². The van der Waals surface area contributed by atoms with Gasteiger partial charge in [0.2, 0.25) is 0 Å². The Hall–Kier alpha value is -4.01. The van der Waals surface area contributed by atoms with Gasteiger partial charge in [0.25, 0.3) is 5.56 Å². The number of fused-ring (bicyclic) bond motifs is 2. The van der Waals surface area contributed by atoms with Crippen LogP contribution >= 0.6 is 0 Å². The van der Waals surface area contributed by atoms with Gasteiger partial charge in [-0.05, 0) is 55.1 Å². The average Bonchev–Trinajstić information content (AvgIpc) is 3.51. The molecule has 0 bridgehead atoms. The van der Waals surface area contributed by atoms with E-state index >= 15 is 0 Å².